The van der Waals surface area contributed by atoms with Crippen molar-refractivity contribution in [2.75, 3.05) is 7.05 Å². The van der Waals surface area contributed by atoms with Crippen LogP contribution in [0.25, 0.3) is 0 Å². The first-order chi connectivity index (χ1) is 8.32. The third kappa shape index (κ3) is 5.03. The Morgan fingerprint density at radius 2 is 1.67 bits per heavy atom. The Labute approximate surface area is 117 Å². The van der Waals surface area contributed by atoms with E-state index >= 15 is 0 Å². The second kappa shape index (κ2) is 6.63. The Morgan fingerprint density at radius 1 is 1.11 bits per heavy atom. The monoisotopic (exact) mass is 265 g/mol. The van der Waals surface area contributed by atoms with Gasteiger partial charge in [0.25, 0.3) is 0 Å². The SMILES string of the molecule is CNC(C)CC(C)Sc1ccc(C(C)(C)C)cc1. The van der Waals surface area contributed by atoms with Gasteiger partial charge in [-0.3, -0.25) is 0 Å². The van der Waals surface area contributed by atoms with E-state index < -0.39 is 0 Å². The van der Waals surface area contributed by atoms with Crippen molar-refractivity contribution in [2.24, 2.45) is 0 Å². The molecule has 0 spiro atoms. The van der Waals surface area contributed by atoms with Crippen molar-refractivity contribution < 1.29 is 0 Å². The molecule has 18 heavy (non-hydrogen) atoms. The summed E-state index contributed by atoms with van der Waals surface area (Å²) in [5.41, 5.74) is 1.65. The van der Waals surface area contributed by atoms with Crippen LogP contribution in [0.15, 0.2) is 29.2 Å². The van der Waals surface area contributed by atoms with Crippen LogP contribution in [0.5, 0.6) is 0 Å². The molecule has 0 heterocycles. The maximum absolute atomic E-state index is 3.30. The van der Waals surface area contributed by atoms with Crippen molar-refractivity contribution in [1.82, 2.24) is 5.32 Å². The van der Waals surface area contributed by atoms with Crippen molar-refractivity contribution in [2.45, 2.75) is 62.6 Å². The third-order valence-corrected chi connectivity index (χ3v) is 4.38. The molecule has 1 N–H and O–H groups in total. The molecule has 2 atom stereocenters. The van der Waals surface area contributed by atoms with Crippen molar-refractivity contribution in [1.29, 1.82) is 0 Å². The van der Waals surface area contributed by atoms with E-state index in [4.69, 9.17) is 0 Å². The van der Waals surface area contributed by atoms with Gasteiger partial charge in [0.15, 0.2) is 0 Å². The van der Waals surface area contributed by atoms with Crippen molar-refractivity contribution in [3.05, 3.63) is 29.8 Å². The largest absolute Gasteiger partial charge is 0.317 e. The van der Waals surface area contributed by atoms with Crippen LogP contribution in [0.1, 0.15) is 46.6 Å². The van der Waals surface area contributed by atoms with E-state index in [0.717, 1.165) is 0 Å². The summed E-state index contributed by atoms with van der Waals surface area (Å²) in [4.78, 5) is 1.37. The average molecular weight is 265 g/mol. The number of rotatable bonds is 5. The van der Waals surface area contributed by atoms with Crippen molar-refractivity contribution >= 4 is 11.8 Å². The first-order valence-electron chi connectivity index (χ1n) is 6.77. The molecule has 2 heteroatoms. The molecule has 0 radical (unpaired) electrons. The van der Waals surface area contributed by atoms with Gasteiger partial charge in [-0.15, -0.1) is 11.8 Å². The number of hydrogen-bond acceptors (Lipinski definition) is 2. The predicted molar refractivity (Wildman–Crippen MR) is 83.6 cm³/mol. The van der Waals surface area contributed by atoms with Gasteiger partial charge in [0.05, 0.1) is 0 Å². The smallest absolute Gasteiger partial charge is 0.00807 e. The molecule has 0 aliphatic heterocycles. The summed E-state index contributed by atoms with van der Waals surface area (Å²) >= 11 is 1.97. The van der Waals surface area contributed by atoms with Gasteiger partial charge >= 0.3 is 0 Å². The van der Waals surface area contributed by atoms with Crippen molar-refractivity contribution in [3.8, 4) is 0 Å². The van der Waals surface area contributed by atoms with Gasteiger partial charge < -0.3 is 5.32 Å². The molecule has 1 aromatic rings. The number of thioether (sulfide) groups is 1. The zero-order chi connectivity index (χ0) is 13.8. The molecule has 0 fully saturated rings. The Hall–Kier alpha value is -0.470. The normalized spacial score (nSPS) is 15.4. The van der Waals surface area contributed by atoms with Crippen LogP contribution in [0.4, 0.5) is 0 Å². The van der Waals surface area contributed by atoms with E-state index in [1.54, 1.807) is 0 Å². The highest BCUT2D eigenvalue weighted by Gasteiger charge is 2.14. The molecule has 1 rings (SSSR count). The number of nitrogens with one attached hydrogen (secondary N) is 1. The molecular formula is C16H27NS. The maximum atomic E-state index is 3.30. The minimum atomic E-state index is 0.245. The Balaban J connectivity index is 2.58. The Bertz CT molecular complexity index is 350. The molecular weight excluding hydrogens is 238 g/mol. The molecule has 0 saturated carbocycles. The van der Waals surface area contributed by atoms with Gasteiger partial charge in [-0.1, -0.05) is 39.8 Å². The summed E-state index contributed by atoms with van der Waals surface area (Å²) in [7, 11) is 2.03. The first kappa shape index (κ1) is 15.6. The van der Waals surface area contributed by atoms with E-state index in [1.807, 2.05) is 18.8 Å². The van der Waals surface area contributed by atoms with Gasteiger partial charge in [0, 0.05) is 16.2 Å². The van der Waals surface area contributed by atoms with E-state index in [1.165, 1.54) is 16.9 Å². The fourth-order valence-electron chi connectivity index (χ4n) is 1.93. The summed E-state index contributed by atoms with van der Waals surface area (Å²) in [5.74, 6) is 0. The van der Waals surface area contributed by atoms with Crippen LogP contribution < -0.4 is 5.32 Å². The lowest BCUT2D eigenvalue weighted by Gasteiger charge is -2.20. The number of hydrogen-bond donors (Lipinski definition) is 1. The fraction of sp³-hybridized carbons (Fsp3) is 0.625. The molecule has 102 valence electrons. The molecule has 0 bridgehead atoms. The first-order valence-corrected chi connectivity index (χ1v) is 7.65. The zero-order valence-corrected chi connectivity index (χ0v) is 13.4. The maximum Gasteiger partial charge on any atom is 0.00807 e. The van der Waals surface area contributed by atoms with Gasteiger partial charge in [-0.25, -0.2) is 0 Å². The Kier molecular flexibility index (Phi) is 5.74. The van der Waals surface area contributed by atoms with Crippen molar-refractivity contribution in [3.63, 3.8) is 0 Å². The summed E-state index contributed by atoms with van der Waals surface area (Å²) < 4.78 is 0. The van der Waals surface area contributed by atoms with E-state index in [9.17, 15) is 0 Å². The molecule has 0 aromatic heterocycles. The summed E-state index contributed by atoms with van der Waals surface area (Å²) in [6.45, 7) is 11.3. The fourth-order valence-corrected chi connectivity index (χ4v) is 3.07. The molecule has 0 aliphatic rings. The second-order valence-corrected chi connectivity index (χ2v) is 7.64. The van der Waals surface area contributed by atoms with Crippen LogP contribution in [0.2, 0.25) is 0 Å². The quantitative estimate of drug-likeness (QED) is 0.789. The lowest BCUT2D eigenvalue weighted by molar-refractivity contribution is 0.564. The lowest BCUT2D eigenvalue weighted by Crippen LogP contribution is -2.24. The highest BCUT2D eigenvalue weighted by molar-refractivity contribution is 7.99. The predicted octanol–water partition coefficient (Wildman–Crippen LogP) is 4.46. The van der Waals surface area contributed by atoms with Crippen LogP contribution >= 0.6 is 11.8 Å². The average Bonchev–Trinajstić information content (AvgIpc) is 2.28. The summed E-state index contributed by atoms with van der Waals surface area (Å²) in [6.07, 6.45) is 1.20. The second-order valence-electron chi connectivity index (χ2n) is 6.13. The van der Waals surface area contributed by atoms with Crippen LogP contribution in [-0.2, 0) is 5.41 Å². The highest BCUT2D eigenvalue weighted by atomic mass is 32.2. The minimum Gasteiger partial charge on any atom is -0.317 e. The molecule has 0 aliphatic carbocycles. The van der Waals surface area contributed by atoms with Gasteiger partial charge in [0.2, 0.25) is 0 Å². The molecule has 1 aromatic carbocycles. The molecule has 2 unspecified atom stereocenters. The molecule has 0 saturated heterocycles. The van der Waals surface area contributed by atoms with Crippen LogP contribution in [0, 0.1) is 0 Å². The summed E-state index contributed by atoms with van der Waals surface area (Å²) in [5, 5.41) is 3.94. The standard InChI is InChI=1S/C16H27NS/c1-12(17-6)11-13(2)18-15-9-7-14(8-10-15)16(3,4)5/h7-10,12-13,17H,11H2,1-6H3. The van der Waals surface area contributed by atoms with Crippen LogP contribution in [-0.4, -0.2) is 18.3 Å². The van der Waals surface area contributed by atoms with Gasteiger partial charge in [0.1, 0.15) is 0 Å². The molecule has 0 amide bonds. The third-order valence-electron chi connectivity index (χ3n) is 3.24. The minimum absolute atomic E-state index is 0.245. The summed E-state index contributed by atoms with van der Waals surface area (Å²) in [6, 6.07) is 9.62. The Morgan fingerprint density at radius 3 is 2.11 bits per heavy atom. The number of benzene rings is 1. The highest BCUT2D eigenvalue weighted by Crippen LogP contribution is 2.29. The van der Waals surface area contributed by atoms with Gasteiger partial charge in [-0.05, 0) is 43.5 Å². The van der Waals surface area contributed by atoms with E-state index in [2.05, 4.69) is 64.2 Å². The topological polar surface area (TPSA) is 12.0 Å². The molecule has 1 nitrogen and oxygen atoms in total. The van der Waals surface area contributed by atoms with Gasteiger partial charge in [-0.2, -0.15) is 0 Å². The van der Waals surface area contributed by atoms with E-state index in [0.29, 0.717) is 11.3 Å². The van der Waals surface area contributed by atoms with E-state index in [-0.39, 0.29) is 5.41 Å². The van der Waals surface area contributed by atoms with Crippen LogP contribution in [0.3, 0.4) is 0 Å². The lowest BCUT2D eigenvalue weighted by atomic mass is 9.87. The zero-order valence-electron chi connectivity index (χ0n) is 12.6.